The summed E-state index contributed by atoms with van der Waals surface area (Å²) in [6.45, 7) is 3.49. The van der Waals surface area contributed by atoms with Crippen molar-refractivity contribution in [1.82, 2.24) is 36.1 Å². The molecule has 4 aromatic carbocycles. The van der Waals surface area contributed by atoms with Crippen LogP contribution in [0.2, 0.25) is 0 Å². The fraction of sp³-hybridized carbons (Fsp3) is 0.440. The van der Waals surface area contributed by atoms with E-state index < -0.39 is 102 Å². The zero-order chi connectivity index (χ0) is 73.9. The number of hydrogen-bond acceptors (Lipinski definition) is 20. The summed E-state index contributed by atoms with van der Waals surface area (Å²) in [7, 11) is 1.54. The summed E-state index contributed by atoms with van der Waals surface area (Å²) >= 11 is 0. The first-order chi connectivity index (χ1) is 50.1. The van der Waals surface area contributed by atoms with E-state index in [4.69, 9.17) is 33.4 Å². The Morgan fingerprint density at radius 3 is 2.34 bits per heavy atom. The number of cyclic esters (lactones) is 1. The van der Waals surface area contributed by atoms with Gasteiger partial charge in [0.1, 0.15) is 49.1 Å². The first kappa shape index (κ1) is 75.2. The number of hydrogen-bond donors (Lipinski definition) is 10. The predicted octanol–water partition coefficient (Wildman–Crippen LogP) is 4.94. The second kappa shape index (κ2) is 33.6. The minimum Gasteiger partial charge on any atom is -0.479 e. The van der Waals surface area contributed by atoms with Gasteiger partial charge in [-0.2, -0.15) is 0 Å². The van der Waals surface area contributed by atoms with Crippen LogP contribution in [-0.2, 0) is 102 Å². The van der Waals surface area contributed by atoms with Gasteiger partial charge in [0.05, 0.1) is 67.1 Å². The molecule has 8 atom stereocenters. The third-order valence-corrected chi connectivity index (χ3v) is 19.5. The van der Waals surface area contributed by atoms with E-state index in [-0.39, 0.29) is 130 Å². The highest BCUT2D eigenvalue weighted by Gasteiger charge is 2.49. The number of fused-ring (bicyclic) bond motifs is 7. The number of aryl methyl sites for hydroxylation is 1. The smallest absolute Gasteiger partial charge is 0.407 e. The Hall–Kier alpha value is -10.0. The summed E-state index contributed by atoms with van der Waals surface area (Å²) in [6.07, 6.45) is -4.58. The number of nitrogens with one attached hydrogen (secondary N) is 5. The van der Waals surface area contributed by atoms with Gasteiger partial charge in [-0.05, 0) is 121 Å². The first-order valence-corrected chi connectivity index (χ1v) is 34.9. The van der Waals surface area contributed by atoms with E-state index in [0.29, 0.717) is 90.8 Å². The second-order valence-corrected chi connectivity index (χ2v) is 26.3. The lowest BCUT2D eigenvalue weighted by Gasteiger charge is -2.38. The van der Waals surface area contributed by atoms with Gasteiger partial charge in [-0.15, -0.1) is 0 Å². The van der Waals surface area contributed by atoms with E-state index in [1.807, 2.05) is 60.7 Å². The molecule has 1 saturated heterocycles. The molecule has 1 aliphatic carbocycles. The average Bonchev–Trinajstić information content (AvgIpc) is 1.50. The lowest BCUT2D eigenvalue weighted by molar-refractivity contribution is -0.271. The van der Waals surface area contributed by atoms with Crippen molar-refractivity contribution < 1.29 is 96.7 Å². The number of aliphatic hydroxyl groups excluding tert-OH is 3. The largest absolute Gasteiger partial charge is 0.479 e. The molecule has 0 bridgehead atoms. The van der Waals surface area contributed by atoms with Crippen LogP contribution in [0.1, 0.15) is 145 Å². The number of unbranched alkanes of at least 4 members (excludes halogenated alkanes) is 2. The molecule has 1 fully saturated rings. The van der Waals surface area contributed by atoms with Crippen molar-refractivity contribution in [2.24, 2.45) is 0 Å². The van der Waals surface area contributed by atoms with Gasteiger partial charge in [0.25, 0.3) is 5.56 Å². The lowest BCUT2D eigenvalue weighted by atomic mass is 9.81. The summed E-state index contributed by atoms with van der Waals surface area (Å²) in [5, 5.41) is 67.9. The van der Waals surface area contributed by atoms with Gasteiger partial charge in [-0.3, -0.25) is 28.8 Å². The molecule has 5 aliphatic rings. The number of pyridine rings is 2. The topological polar surface area (TPSA) is 391 Å². The second-order valence-electron chi connectivity index (χ2n) is 26.3. The van der Waals surface area contributed by atoms with E-state index in [0.717, 1.165) is 22.4 Å². The van der Waals surface area contributed by atoms with E-state index in [9.17, 15) is 68.7 Å². The van der Waals surface area contributed by atoms with Crippen molar-refractivity contribution in [3.05, 3.63) is 156 Å². The van der Waals surface area contributed by atoms with Gasteiger partial charge in [0.15, 0.2) is 11.7 Å². The highest BCUT2D eigenvalue weighted by molar-refractivity contribution is 5.98. The van der Waals surface area contributed by atoms with Crippen LogP contribution >= 0.6 is 0 Å². The molecule has 2 aromatic heterocycles. The number of alkyl carbamates (subject to hydrolysis) is 1. The van der Waals surface area contributed by atoms with Gasteiger partial charge < -0.3 is 90.0 Å². The standard InChI is InChI=1S/C75H85FN8O20/c1-4-75(98)50-34-56-64-48(38-84(56)70(93)49(50)40-101-73(75)96)63-52(24-23-47-41(2)51(76)35-54(81-64)62(47)63)82-74(97)102-39-42-20-25-57(103-72-67(91)65(89)66(90)68(104-72)71(94)95)46(33-42)36-79-58(85)26-29-78-69(92)53(16-11-12-28-77-59(86)27-30-100-32-31-99-3)80-60(87)18-9-10-19-61(88)83-37-45-15-6-5-13-43(45)21-22-44-14-7-8-17-55(44)83/h5-8,13-15,17,20-22,25,33-35,52-53,65-68,72,89-91,98H,4,9-12,16,18-19,23-24,26-32,36-40H2,1-3H3,(H,77,86)(H,78,92)(H,79,85)(H,80,87)(H,82,97)(H,94,95)/b22-21-/t52-,53-,65-,66-,67+,68-,72+,75-/m0/s1. The van der Waals surface area contributed by atoms with Gasteiger partial charge in [0, 0.05) is 80.6 Å². The molecule has 552 valence electrons. The summed E-state index contributed by atoms with van der Waals surface area (Å²) in [6, 6.07) is 20.8. The molecule has 29 heteroatoms. The molecule has 0 saturated carbocycles. The minimum absolute atomic E-state index is 0.000917. The Balaban J connectivity index is 0.740. The minimum atomic E-state index is -2.11. The van der Waals surface area contributed by atoms with Gasteiger partial charge in [-0.1, -0.05) is 67.6 Å². The van der Waals surface area contributed by atoms with Crippen molar-refractivity contribution in [2.75, 3.05) is 44.9 Å². The molecule has 10 N–H and O–H groups in total. The number of ether oxygens (including phenoxy) is 6. The number of para-hydroxylation sites is 1. The SMILES string of the molecule is CC[C@@]1(O)C(=O)OCc2c1cc1n(c2=O)Cc2c-1nc1cc(F)c(C)c3c1c2[C@@H](NC(=O)OCc1ccc(O[C@@H]2O[C@H](C(=O)O)[C@@H](O)[C@H](O)[C@H]2O)c(CNC(=O)CCNC(=O)[C@H](CCCCNC(=O)CCOCCOC)NC(=O)CCCCC(=O)N2Cc4ccccc4/C=C\c4ccccc42)c1)CC3. The molecule has 28 nitrogen and oxygen atoms in total. The third-order valence-electron chi connectivity index (χ3n) is 19.5. The van der Waals surface area contributed by atoms with Crippen LogP contribution in [-0.4, -0.2) is 159 Å². The normalized spacial score (nSPS) is 20.3. The number of benzene rings is 4. The summed E-state index contributed by atoms with van der Waals surface area (Å²) in [5.74, 6) is -5.15. The fourth-order valence-corrected chi connectivity index (χ4v) is 13.8. The van der Waals surface area contributed by atoms with E-state index in [1.165, 1.54) is 34.9 Å². The molecule has 11 rings (SSSR count). The number of amides is 6. The number of methoxy groups -OCH3 is 1. The molecule has 6 heterocycles. The maximum Gasteiger partial charge on any atom is 0.407 e. The molecule has 104 heavy (non-hydrogen) atoms. The quantitative estimate of drug-likeness (QED) is 0.0211. The first-order valence-electron chi connectivity index (χ1n) is 34.9. The maximum atomic E-state index is 15.7. The Morgan fingerprint density at radius 2 is 1.55 bits per heavy atom. The van der Waals surface area contributed by atoms with Crippen LogP contribution in [0.25, 0.3) is 34.4 Å². The van der Waals surface area contributed by atoms with E-state index >= 15 is 4.39 Å². The Bertz CT molecular complexity index is 4370. The Morgan fingerprint density at radius 1 is 0.788 bits per heavy atom. The number of carboxylic acids is 1. The van der Waals surface area contributed by atoms with Crippen molar-refractivity contribution in [3.63, 3.8) is 0 Å². The molecular weight excluding hydrogens is 1350 g/mol. The number of rotatable bonds is 30. The van der Waals surface area contributed by atoms with Crippen LogP contribution in [0.15, 0.2) is 83.7 Å². The molecule has 6 aromatic rings. The van der Waals surface area contributed by atoms with Crippen LogP contribution in [0.3, 0.4) is 0 Å². The predicted molar refractivity (Wildman–Crippen MR) is 372 cm³/mol. The number of carbonyl (C=O) groups excluding carboxylic acids is 7. The van der Waals surface area contributed by atoms with Crippen LogP contribution in [0, 0.1) is 12.7 Å². The number of halogens is 1. The average molecular weight is 1440 g/mol. The van der Waals surface area contributed by atoms with Gasteiger partial charge in [-0.25, -0.2) is 23.8 Å². The zero-order valence-electron chi connectivity index (χ0n) is 57.8. The van der Waals surface area contributed by atoms with Crippen molar-refractivity contribution >= 4 is 76.3 Å². The number of aliphatic hydroxyl groups is 4. The molecule has 0 spiro atoms. The molecule has 4 aliphatic heterocycles. The Kier molecular flexibility index (Phi) is 24.3. The highest BCUT2D eigenvalue weighted by Crippen LogP contribution is 2.46. The molecule has 0 unspecified atom stereocenters. The lowest BCUT2D eigenvalue weighted by Crippen LogP contribution is -2.61. The van der Waals surface area contributed by atoms with Crippen LogP contribution in [0.4, 0.5) is 14.9 Å². The fourth-order valence-electron chi connectivity index (χ4n) is 13.8. The summed E-state index contributed by atoms with van der Waals surface area (Å²) in [5.41, 5.74) is 4.69. The zero-order valence-corrected chi connectivity index (χ0v) is 57.8. The van der Waals surface area contributed by atoms with Crippen molar-refractivity contribution in [2.45, 2.75) is 172 Å². The monoisotopic (exact) mass is 1440 g/mol. The van der Waals surface area contributed by atoms with Gasteiger partial charge >= 0.3 is 18.0 Å². The number of esters is 1. The van der Waals surface area contributed by atoms with Gasteiger partial charge in [0.2, 0.25) is 35.8 Å². The van der Waals surface area contributed by atoms with Crippen molar-refractivity contribution in [3.8, 4) is 17.1 Å². The number of carbonyl (C=O) groups is 8. The van der Waals surface area contributed by atoms with Crippen LogP contribution < -0.4 is 41.8 Å². The molecular formula is C75H85FN8O20. The summed E-state index contributed by atoms with van der Waals surface area (Å²) in [4.78, 5) is 128. The Labute approximate surface area is 597 Å². The number of anilines is 1. The van der Waals surface area contributed by atoms with Crippen LogP contribution in [0.5, 0.6) is 5.75 Å². The van der Waals surface area contributed by atoms with E-state index in [2.05, 4.69) is 26.6 Å². The van der Waals surface area contributed by atoms with E-state index in [1.54, 1.807) is 25.9 Å². The van der Waals surface area contributed by atoms with Crippen molar-refractivity contribution in [1.29, 1.82) is 0 Å². The molecule has 0 radical (unpaired) electrons. The maximum absolute atomic E-state index is 15.7. The highest BCUT2D eigenvalue weighted by atomic mass is 19.1. The number of aromatic nitrogens is 2. The number of aliphatic carboxylic acids is 1. The molecule has 6 amide bonds. The number of carboxylic acid groups (broad SMARTS) is 1. The number of nitrogens with zero attached hydrogens (tertiary/aromatic N) is 3. The summed E-state index contributed by atoms with van der Waals surface area (Å²) < 4.78 is 49.9. The third kappa shape index (κ3) is 16.8.